The van der Waals surface area contributed by atoms with Crippen LogP contribution in [0.1, 0.15) is 57.1 Å². The van der Waals surface area contributed by atoms with Crippen LogP contribution in [-0.2, 0) is 9.59 Å². The first-order valence-electron chi connectivity index (χ1n) is 11.0. The Balaban J connectivity index is 1.36. The maximum Gasteiger partial charge on any atom is 0.325 e. The van der Waals surface area contributed by atoms with Crippen molar-refractivity contribution in [3.63, 3.8) is 0 Å². The van der Waals surface area contributed by atoms with Gasteiger partial charge in [0, 0.05) is 12.0 Å². The Kier molecular flexibility index (Phi) is 4.79. The number of nitrogens with zero attached hydrogens (tertiary/aromatic N) is 3. The minimum Gasteiger partial charge on any atom is -0.323 e. The van der Waals surface area contributed by atoms with Crippen LogP contribution in [0.5, 0.6) is 0 Å². The van der Waals surface area contributed by atoms with Crippen molar-refractivity contribution in [2.24, 2.45) is 5.92 Å². The topological polar surface area (TPSA) is 96.3 Å². The molecule has 3 aliphatic rings. The second-order valence-electron chi connectivity index (χ2n) is 9.03. The molecule has 2 aromatic rings. The molecule has 3 fully saturated rings. The molecule has 0 radical (unpaired) electrons. The molecule has 1 saturated heterocycles. The summed E-state index contributed by atoms with van der Waals surface area (Å²) in [4.78, 5) is 39.1. The zero-order valence-electron chi connectivity index (χ0n) is 17.6. The molecule has 5 rings (SSSR count). The van der Waals surface area contributed by atoms with Gasteiger partial charge in [-0.2, -0.15) is 5.10 Å². The van der Waals surface area contributed by atoms with Gasteiger partial charge in [0.25, 0.3) is 5.91 Å². The van der Waals surface area contributed by atoms with Crippen LogP contribution in [0, 0.1) is 5.92 Å². The molecule has 1 aliphatic heterocycles. The van der Waals surface area contributed by atoms with Crippen LogP contribution in [0.2, 0.25) is 0 Å². The van der Waals surface area contributed by atoms with Gasteiger partial charge in [0.1, 0.15) is 17.9 Å². The lowest BCUT2D eigenvalue weighted by Crippen LogP contribution is -2.46. The normalized spacial score (nSPS) is 24.0. The Morgan fingerprint density at radius 1 is 1.16 bits per heavy atom. The quantitative estimate of drug-likeness (QED) is 0.700. The Bertz CT molecular complexity index is 1020. The average molecular weight is 422 g/mol. The van der Waals surface area contributed by atoms with Gasteiger partial charge in [0.05, 0.1) is 11.4 Å². The summed E-state index contributed by atoms with van der Waals surface area (Å²) in [5, 5.41) is 10.4. The van der Waals surface area contributed by atoms with Crippen LogP contribution in [0.3, 0.4) is 0 Å². The van der Waals surface area contributed by atoms with Crippen molar-refractivity contribution in [1.29, 1.82) is 0 Å². The molecular formula is C23H27N5O3. The van der Waals surface area contributed by atoms with Crippen LogP contribution < -0.4 is 10.6 Å². The minimum absolute atomic E-state index is 0.158. The van der Waals surface area contributed by atoms with E-state index < -0.39 is 17.5 Å². The molecule has 2 heterocycles. The highest BCUT2D eigenvalue weighted by atomic mass is 16.2. The molecule has 2 saturated carbocycles. The highest BCUT2D eigenvalue weighted by molar-refractivity contribution is 6.10. The summed E-state index contributed by atoms with van der Waals surface area (Å²) in [6.07, 6.45) is 6.42. The lowest BCUT2D eigenvalue weighted by molar-refractivity contribution is -0.134. The second-order valence-corrected chi connectivity index (χ2v) is 9.03. The highest BCUT2D eigenvalue weighted by Gasteiger charge is 2.56. The van der Waals surface area contributed by atoms with E-state index in [2.05, 4.69) is 10.6 Å². The number of aromatic nitrogens is 2. The molecule has 2 aliphatic carbocycles. The van der Waals surface area contributed by atoms with Crippen LogP contribution in [-0.4, -0.2) is 44.6 Å². The lowest BCUT2D eigenvalue weighted by Gasteiger charge is -2.20. The van der Waals surface area contributed by atoms with Gasteiger partial charge in [-0.25, -0.2) is 9.48 Å². The third-order valence-electron chi connectivity index (χ3n) is 6.77. The number of nitrogens with one attached hydrogen (secondary N) is 2. The lowest BCUT2D eigenvalue weighted by atomic mass is 9.96. The number of benzene rings is 1. The molecule has 1 atom stereocenters. The average Bonchev–Trinajstić information content (AvgIpc) is 3.25. The molecule has 1 aromatic carbocycles. The van der Waals surface area contributed by atoms with Gasteiger partial charge in [-0.1, -0.05) is 31.0 Å². The molecule has 0 bridgehead atoms. The van der Waals surface area contributed by atoms with Crippen molar-refractivity contribution in [3.05, 3.63) is 42.1 Å². The number of anilines is 1. The number of carbonyl (C=O) groups is 3. The predicted octanol–water partition coefficient (Wildman–Crippen LogP) is 3.19. The van der Waals surface area contributed by atoms with Crippen LogP contribution in [0.4, 0.5) is 10.6 Å². The summed E-state index contributed by atoms with van der Waals surface area (Å²) in [7, 11) is 0. The SMILES string of the molecule is CC1(C2CC2)NC(=O)N(CC(=O)Nc2cc(C3CCCC3)nn2-c2ccccc2)C1=O. The van der Waals surface area contributed by atoms with Crippen molar-refractivity contribution < 1.29 is 14.4 Å². The van der Waals surface area contributed by atoms with Crippen LogP contribution in [0.15, 0.2) is 36.4 Å². The molecule has 8 nitrogen and oxygen atoms in total. The molecule has 8 heteroatoms. The maximum atomic E-state index is 12.8. The zero-order chi connectivity index (χ0) is 21.6. The Labute approximate surface area is 181 Å². The Morgan fingerprint density at radius 3 is 2.55 bits per heavy atom. The van der Waals surface area contributed by atoms with Gasteiger partial charge in [0.15, 0.2) is 0 Å². The number of amides is 4. The number of rotatable bonds is 6. The van der Waals surface area contributed by atoms with Crippen LogP contribution >= 0.6 is 0 Å². The number of carbonyl (C=O) groups excluding carboxylic acids is 3. The molecule has 1 unspecified atom stereocenters. The van der Waals surface area contributed by atoms with Gasteiger partial charge in [0.2, 0.25) is 5.91 Å². The van der Waals surface area contributed by atoms with Crippen LogP contribution in [0.25, 0.3) is 5.69 Å². The zero-order valence-corrected chi connectivity index (χ0v) is 17.6. The molecule has 2 N–H and O–H groups in total. The summed E-state index contributed by atoms with van der Waals surface area (Å²) in [5.74, 6) is 0.364. The summed E-state index contributed by atoms with van der Waals surface area (Å²) in [5.41, 5.74) is 0.921. The number of hydrogen-bond donors (Lipinski definition) is 2. The summed E-state index contributed by atoms with van der Waals surface area (Å²) >= 11 is 0. The van der Waals surface area contributed by atoms with Crippen molar-refractivity contribution in [2.45, 2.75) is 56.9 Å². The van der Waals surface area contributed by atoms with Gasteiger partial charge in [-0.3, -0.25) is 14.5 Å². The monoisotopic (exact) mass is 421 g/mol. The summed E-state index contributed by atoms with van der Waals surface area (Å²) in [6.45, 7) is 1.44. The number of imide groups is 1. The second kappa shape index (κ2) is 7.51. The van der Waals surface area contributed by atoms with Crippen molar-refractivity contribution in [1.82, 2.24) is 20.0 Å². The third kappa shape index (κ3) is 3.60. The number of para-hydroxylation sites is 1. The maximum absolute atomic E-state index is 12.8. The predicted molar refractivity (Wildman–Crippen MR) is 115 cm³/mol. The van der Waals surface area contributed by atoms with E-state index in [0.29, 0.717) is 11.7 Å². The number of hydrogen-bond acceptors (Lipinski definition) is 4. The van der Waals surface area contributed by atoms with Gasteiger partial charge in [-0.05, 0) is 50.7 Å². The van der Waals surface area contributed by atoms with Crippen molar-refractivity contribution in [3.8, 4) is 5.69 Å². The molecule has 4 amide bonds. The largest absolute Gasteiger partial charge is 0.325 e. The first kappa shape index (κ1) is 19.8. The minimum atomic E-state index is -0.890. The van der Waals surface area contributed by atoms with E-state index in [1.807, 2.05) is 36.4 Å². The molecule has 162 valence electrons. The fourth-order valence-corrected chi connectivity index (χ4v) is 4.80. The van der Waals surface area contributed by atoms with E-state index >= 15 is 0 Å². The molecule has 0 spiro atoms. The van der Waals surface area contributed by atoms with Crippen molar-refractivity contribution in [2.75, 3.05) is 11.9 Å². The highest BCUT2D eigenvalue weighted by Crippen LogP contribution is 2.42. The van der Waals surface area contributed by atoms with Gasteiger partial charge < -0.3 is 10.6 Å². The first-order chi connectivity index (χ1) is 15.0. The smallest absolute Gasteiger partial charge is 0.323 e. The standard InChI is InChI=1S/C23H27N5O3/c1-23(16-11-12-16)21(30)27(22(31)25-23)14-20(29)24-19-13-18(15-7-5-6-8-15)26-28(19)17-9-3-2-4-10-17/h2-4,9-10,13,15-16H,5-8,11-12,14H2,1H3,(H,24,29)(H,25,31). The first-order valence-corrected chi connectivity index (χ1v) is 11.0. The summed E-state index contributed by atoms with van der Waals surface area (Å²) < 4.78 is 1.73. The molecule has 1 aromatic heterocycles. The number of urea groups is 1. The van der Waals surface area contributed by atoms with Crippen molar-refractivity contribution >= 4 is 23.7 Å². The summed E-state index contributed by atoms with van der Waals surface area (Å²) in [6, 6.07) is 11.0. The van der Waals surface area contributed by atoms with E-state index in [4.69, 9.17) is 5.10 Å². The van der Waals surface area contributed by atoms with E-state index in [1.165, 1.54) is 12.8 Å². The van der Waals surface area contributed by atoms with E-state index in [1.54, 1.807) is 11.6 Å². The third-order valence-corrected chi connectivity index (χ3v) is 6.77. The fraction of sp³-hybridized carbons (Fsp3) is 0.478. The van der Waals surface area contributed by atoms with E-state index in [-0.39, 0.29) is 18.4 Å². The van der Waals surface area contributed by atoms with Gasteiger partial charge in [-0.15, -0.1) is 0 Å². The molecule has 31 heavy (non-hydrogen) atoms. The fourth-order valence-electron chi connectivity index (χ4n) is 4.80. The van der Waals surface area contributed by atoms with E-state index in [0.717, 1.165) is 42.0 Å². The van der Waals surface area contributed by atoms with E-state index in [9.17, 15) is 14.4 Å². The Morgan fingerprint density at radius 2 is 1.87 bits per heavy atom. The molecular weight excluding hydrogens is 394 g/mol. The van der Waals surface area contributed by atoms with Gasteiger partial charge >= 0.3 is 6.03 Å². The Hall–Kier alpha value is -3.16.